The topological polar surface area (TPSA) is 44.1 Å². The maximum absolute atomic E-state index is 12.4. The Morgan fingerprint density at radius 3 is 2.67 bits per heavy atom. The van der Waals surface area contributed by atoms with Crippen molar-refractivity contribution in [1.29, 1.82) is 5.26 Å². The third-order valence-corrected chi connectivity index (χ3v) is 3.26. The van der Waals surface area contributed by atoms with Gasteiger partial charge in [-0.25, -0.2) is 0 Å². The molecule has 0 aliphatic carbocycles. The number of nitrogens with zero attached hydrogens (tertiary/aromatic N) is 2. The van der Waals surface area contributed by atoms with Crippen molar-refractivity contribution in [2.24, 2.45) is 0 Å². The number of aryl methyl sites for hydroxylation is 1. The molecule has 1 aromatic rings. The minimum absolute atomic E-state index is 0.00903. The highest BCUT2D eigenvalue weighted by molar-refractivity contribution is 9.10. The smallest absolute Gasteiger partial charge is 0.254 e. The summed E-state index contributed by atoms with van der Waals surface area (Å²) in [6.07, 6.45) is 0.361. The molecule has 1 aromatic carbocycles. The van der Waals surface area contributed by atoms with E-state index in [1.54, 1.807) is 4.90 Å². The van der Waals surface area contributed by atoms with Crippen molar-refractivity contribution in [3.05, 3.63) is 33.8 Å². The van der Waals surface area contributed by atoms with Gasteiger partial charge < -0.3 is 4.90 Å². The quantitative estimate of drug-likeness (QED) is 0.854. The largest absolute Gasteiger partial charge is 0.335 e. The van der Waals surface area contributed by atoms with E-state index in [1.165, 1.54) is 0 Å². The monoisotopic (exact) mass is 308 g/mol. The molecule has 1 rings (SSSR count). The first-order valence-corrected chi connectivity index (χ1v) is 6.70. The molecule has 4 heteroatoms. The Bertz CT molecular complexity index is 477. The summed E-state index contributed by atoms with van der Waals surface area (Å²) in [6.45, 7) is 6.32. The van der Waals surface area contributed by atoms with E-state index >= 15 is 0 Å². The summed E-state index contributed by atoms with van der Waals surface area (Å²) >= 11 is 3.39. The van der Waals surface area contributed by atoms with Gasteiger partial charge in [-0.15, -0.1) is 0 Å². The SMILES string of the molecule is Cc1cc(Br)ccc1C(=O)N(CCC#N)C(C)C. The fraction of sp³-hybridized carbons (Fsp3) is 0.429. The molecular weight excluding hydrogens is 292 g/mol. The maximum Gasteiger partial charge on any atom is 0.254 e. The van der Waals surface area contributed by atoms with Crippen LogP contribution in [-0.4, -0.2) is 23.4 Å². The Hall–Kier alpha value is -1.34. The van der Waals surface area contributed by atoms with E-state index < -0.39 is 0 Å². The Morgan fingerprint density at radius 1 is 1.50 bits per heavy atom. The molecule has 0 atom stereocenters. The van der Waals surface area contributed by atoms with E-state index in [0.29, 0.717) is 18.5 Å². The maximum atomic E-state index is 12.4. The lowest BCUT2D eigenvalue weighted by atomic mass is 10.1. The van der Waals surface area contributed by atoms with Gasteiger partial charge in [-0.1, -0.05) is 15.9 Å². The van der Waals surface area contributed by atoms with Crippen LogP contribution in [-0.2, 0) is 0 Å². The van der Waals surface area contributed by atoms with E-state index in [9.17, 15) is 4.79 Å². The van der Waals surface area contributed by atoms with Crippen molar-refractivity contribution in [3.8, 4) is 6.07 Å². The molecule has 0 heterocycles. The van der Waals surface area contributed by atoms with E-state index in [4.69, 9.17) is 5.26 Å². The molecule has 0 spiro atoms. The number of amides is 1. The third-order valence-electron chi connectivity index (χ3n) is 2.77. The molecule has 3 nitrogen and oxygen atoms in total. The van der Waals surface area contributed by atoms with Crippen molar-refractivity contribution in [2.45, 2.75) is 33.2 Å². The van der Waals surface area contributed by atoms with Crippen LogP contribution in [0.3, 0.4) is 0 Å². The van der Waals surface area contributed by atoms with Gasteiger partial charge in [-0.05, 0) is 44.5 Å². The zero-order valence-corrected chi connectivity index (χ0v) is 12.5. The third kappa shape index (κ3) is 3.58. The van der Waals surface area contributed by atoms with Gasteiger partial charge in [-0.2, -0.15) is 5.26 Å². The molecule has 0 aromatic heterocycles. The van der Waals surface area contributed by atoms with E-state index in [1.807, 2.05) is 39.0 Å². The molecule has 96 valence electrons. The van der Waals surface area contributed by atoms with Gasteiger partial charge >= 0.3 is 0 Å². The summed E-state index contributed by atoms with van der Waals surface area (Å²) in [5, 5.41) is 8.65. The van der Waals surface area contributed by atoms with Gasteiger partial charge in [-0.3, -0.25) is 4.79 Å². The first kappa shape index (κ1) is 14.7. The van der Waals surface area contributed by atoms with Crippen LogP contribution in [0.1, 0.15) is 36.2 Å². The molecule has 0 radical (unpaired) electrons. The summed E-state index contributed by atoms with van der Waals surface area (Å²) in [5.41, 5.74) is 1.64. The summed E-state index contributed by atoms with van der Waals surface area (Å²) in [5.74, 6) is -0.00903. The normalized spacial score (nSPS) is 10.2. The number of nitriles is 1. The number of hydrogen-bond donors (Lipinski definition) is 0. The lowest BCUT2D eigenvalue weighted by Crippen LogP contribution is -2.38. The van der Waals surface area contributed by atoms with Crippen LogP contribution in [0.5, 0.6) is 0 Å². The molecule has 0 saturated heterocycles. The molecule has 0 aliphatic heterocycles. The standard InChI is InChI=1S/C14H17BrN2O/c1-10(2)17(8-4-7-16)14(18)13-6-5-12(15)9-11(13)3/h5-6,9-10H,4,8H2,1-3H3. The first-order chi connectivity index (χ1) is 8.47. The second-order valence-corrected chi connectivity index (χ2v) is 5.38. The number of carbonyl (C=O) groups is 1. The Kier molecular flexibility index (Phi) is 5.36. The number of benzene rings is 1. The Balaban J connectivity index is 2.99. The van der Waals surface area contributed by atoms with Crippen molar-refractivity contribution in [1.82, 2.24) is 4.90 Å². The van der Waals surface area contributed by atoms with E-state index in [-0.39, 0.29) is 11.9 Å². The fourth-order valence-electron chi connectivity index (χ4n) is 1.79. The molecule has 0 saturated carbocycles. The van der Waals surface area contributed by atoms with Crippen molar-refractivity contribution in [2.75, 3.05) is 6.54 Å². The Morgan fingerprint density at radius 2 is 2.17 bits per heavy atom. The summed E-state index contributed by atoms with van der Waals surface area (Å²) in [7, 11) is 0. The average molecular weight is 309 g/mol. The fourth-order valence-corrected chi connectivity index (χ4v) is 2.26. The first-order valence-electron chi connectivity index (χ1n) is 5.91. The predicted molar refractivity (Wildman–Crippen MR) is 75.3 cm³/mol. The zero-order chi connectivity index (χ0) is 13.7. The second-order valence-electron chi connectivity index (χ2n) is 4.46. The lowest BCUT2D eigenvalue weighted by Gasteiger charge is -2.26. The van der Waals surface area contributed by atoms with Crippen LogP contribution >= 0.6 is 15.9 Å². The molecule has 0 bridgehead atoms. The van der Waals surface area contributed by atoms with Crippen molar-refractivity contribution < 1.29 is 4.79 Å². The van der Waals surface area contributed by atoms with E-state index in [2.05, 4.69) is 22.0 Å². The second kappa shape index (κ2) is 6.55. The highest BCUT2D eigenvalue weighted by Gasteiger charge is 2.19. The van der Waals surface area contributed by atoms with Crippen molar-refractivity contribution >= 4 is 21.8 Å². The van der Waals surface area contributed by atoms with Crippen LogP contribution < -0.4 is 0 Å². The highest BCUT2D eigenvalue weighted by Crippen LogP contribution is 2.18. The van der Waals surface area contributed by atoms with Gasteiger partial charge in [0.15, 0.2) is 0 Å². The Labute approximate surface area is 117 Å². The van der Waals surface area contributed by atoms with Crippen LogP contribution in [0.4, 0.5) is 0 Å². The molecule has 0 unspecified atom stereocenters. The number of halogens is 1. The molecular formula is C14H17BrN2O. The number of carbonyl (C=O) groups excluding carboxylic acids is 1. The van der Waals surface area contributed by atoms with Crippen molar-refractivity contribution in [3.63, 3.8) is 0 Å². The van der Waals surface area contributed by atoms with Gasteiger partial charge in [0.25, 0.3) is 5.91 Å². The van der Waals surface area contributed by atoms with Crippen LogP contribution in [0, 0.1) is 18.3 Å². The highest BCUT2D eigenvalue weighted by atomic mass is 79.9. The molecule has 0 N–H and O–H groups in total. The van der Waals surface area contributed by atoms with E-state index in [0.717, 1.165) is 10.0 Å². The average Bonchev–Trinajstić information content (AvgIpc) is 2.28. The van der Waals surface area contributed by atoms with Crippen LogP contribution in [0.15, 0.2) is 22.7 Å². The molecule has 18 heavy (non-hydrogen) atoms. The minimum atomic E-state index is -0.00903. The molecule has 1 amide bonds. The summed E-state index contributed by atoms with van der Waals surface area (Å²) in [4.78, 5) is 14.2. The zero-order valence-electron chi connectivity index (χ0n) is 10.9. The lowest BCUT2D eigenvalue weighted by molar-refractivity contribution is 0.0709. The predicted octanol–water partition coefficient (Wildman–Crippen LogP) is 3.52. The van der Waals surface area contributed by atoms with Crippen LogP contribution in [0.25, 0.3) is 0 Å². The van der Waals surface area contributed by atoms with Crippen LogP contribution in [0.2, 0.25) is 0 Å². The minimum Gasteiger partial charge on any atom is -0.335 e. The van der Waals surface area contributed by atoms with Gasteiger partial charge in [0.05, 0.1) is 12.5 Å². The van der Waals surface area contributed by atoms with Gasteiger partial charge in [0.1, 0.15) is 0 Å². The van der Waals surface area contributed by atoms with Gasteiger partial charge in [0.2, 0.25) is 0 Å². The number of hydrogen-bond acceptors (Lipinski definition) is 2. The molecule has 0 fully saturated rings. The summed E-state index contributed by atoms with van der Waals surface area (Å²) < 4.78 is 0.963. The summed E-state index contributed by atoms with van der Waals surface area (Å²) in [6, 6.07) is 7.79. The molecule has 0 aliphatic rings. The number of rotatable bonds is 4. The van der Waals surface area contributed by atoms with Gasteiger partial charge in [0, 0.05) is 22.6 Å².